The molecule has 2 aromatic carbocycles. The lowest BCUT2D eigenvalue weighted by Gasteiger charge is -2.15. The first-order chi connectivity index (χ1) is 11.6. The first kappa shape index (κ1) is 16.2. The average molecular weight is 324 g/mol. The molecule has 0 atom stereocenters. The van der Waals surface area contributed by atoms with E-state index in [0.717, 1.165) is 25.2 Å². The molecule has 2 aromatic rings. The fourth-order valence-electron chi connectivity index (χ4n) is 2.94. The third-order valence-corrected chi connectivity index (χ3v) is 4.16. The predicted octanol–water partition coefficient (Wildman–Crippen LogP) is 3.23. The van der Waals surface area contributed by atoms with Gasteiger partial charge in [-0.15, -0.1) is 0 Å². The monoisotopic (exact) mass is 324 g/mol. The summed E-state index contributed by atoms with van der Waals surface area (Å²) >= 11 is 0. The van der Waals surface area contributed by atoms with Crippen molar-refractivity contribution in [1.82, 2.24) is 4.90 Å². The molecule has 0 aromatic heterocycles. The molecule has 0 radical (unpaired) electrons. The highest BCUT2D eigenvalue weighted by molar-refractivity contribution is 6.04. The van der Waals surface area contributed by atoms with Crippen molar-refractivity contribution >= 4 is 17.6 Å². The Morgan fingerprint density at radius 3 is 2.46 bits per heavy atom. The Hall–Kier alpha value is -2.66. The zero-order valence-electron chi connectivity index (χ0n) is 13.4. The van der Waals surface area contributed by atoms with Crippen LogP contribution < -0.4 is 5.32 Å². The van der Waals surface area contributed by atoms with Crippen LogP contribution in [0.2, 0.25) is 0 Å². The highest BCUT2D eigenvalue weighted by atomic mass is 16.4. The van der Waals surface area contributed by atoms with Crippen molar-refractivity contribution in [3.63, 3.8) is 0 Å². The summed E-state index contributed by atoms with van der Waals surface area (Å²) in [6.45, 7) is 3.08. The highest BCUT2D eigenvalue weighted by Crippen LogP contribution is 2.16. The number of carboxylic acid groups (broad SMARTS) is 1. The zero-order chi connectivity index (χ0) is 16.9. The van der Waals surface area contributed by atoms with Crippen LogP contribution in [0.5, 0.6) is 0 Å². The number of anilines is 1. The van der Waals surface area contributed by atoms with Crippen molar-refractivity contribution in [1.29, 1.82) is 0 Å². The molecule has 1 aliphatic rings. The molecule has 1 fully saturated rings. The van der Waals surface area contributed by atoms with Crippen molar-refractivity contribution in [3.8, 4) is 0 Å². The molecule has 1 amide bonds. The fourth-order valence-corrected chi connectivity index (χ4v) is 2.94. The average Bonchev–Trinajstić information content (AvgIpc) is 3.08. The van der Waals surface area contributed by atoms with Crippen LogP contribution in [0.3, 0.4) is 0 Å². The first-order valence-corrected chi connectivity index (χ1v) is 8.08. The quantitative estimate of drug-likeness (QED) is 0.886. The second kappa shape index (κ2) is 7.27. The lowest BCUT2D eigenvalue weighted by molar-refractivity contribution is 0.0696. The minimum atomic E-state index is -1.02. The fraction of sp³-hybridized carbons (Fsp3) is 0.263. The van der Waals surface area contributed by atoms with Gasteiger partial charge in [0.05, 0.1) is 5.56 Å². The summed E-state index contributed by atoms with van der Waals surface area (Å²) in [6, 6.07) is 13.8. The molecule has 3 rings (SSSR count). The van der Waals surface area contributed by atoms with Gasteiger partial charge in [0.15, 0.2) is 0 Å². The number of carboxylic acids is 1. The van der Waals surface area contributed by atoms with Gasteiger partial charge in [-0.3, -0.25) is 9.69 Å². The number of carbonyl (C=O) groups excluding carboxylic acids is 1. The number of likely N-dealkylation sites (tertiary alicyclic amines) is 1. The SMILES string of the molecule is O=C(O)c1cccc(NC(=O)c2cccc(CN3CCCC3)c2)c1. The van der Waals surface area contributed by atoms with E-state index >= 15 is 0 Å². The van der Waals surface area contributed by atoms with Gasteiger partial charge in [0.2, 0.25) is 0 Å². The van der Waals surface area contributed by atoms with E-state index in [1.807, 2.05) is 18.2 Å². The van der Waals surface area contributed by atoms with Crippen LogP contribution in [-0.4, -0.2) is 35.0 Å². The number of rotatable bonds is 5. The summed E-state index contributed by atoms with van der Waals surface area (Å²) < 4.78 is 0. The second-order valence-electron chi connectivity index (χ2n) is 6.02. The van der Waals surface area contributed by atoms with Crippen LogP contribution in [0.25, 0.3) is 0 Å². The molecule has 1 aliphatic heterocycles. The number of benzene rings is 2. The number of hydrogen-bond donors (Lipinski definition) is 2. The van der Waals surface area contributed by atoms with Crippen molar-refractivity contribution in [2.24, 2.45) is 0 Å². The van der Waals surface area contributed by atoms with Crippen LogP contribution in [0.15, 0.2) is 48.5 Å². The third kappa shape index (κ3) is 4.00. The summed E-state index contributed by atoms with van der Waals surface area (Å²) in [7, 11) is 0. The van der Waals surface area contributed by atoms with Gasteiger partial charge in [-0.25, -0.2) is 4.79 Å². The number of nitrogens with zero attached hydrogens (tertiary/aromatic N) is 1. The van der Waals surface area contributed by atoms with Crippen LogP contribution in [-0.2, 0) is 6.54 Å². The first-order valence-electron chi connectivity index (χ1n) is 8.08. The number of nitrogens with one attached hydrogen (secondary N) is 1. The van der Waals surface area contributed by atoms with Gasteiger partial charge in [0.25, 0.3) is 5.91 Å². The van der Waals surface area contributed by atoms with Gasteiger partial charge >= 0.3 is 5.97 Å². The normalized spacial score (nSPS) is 14.5. The molecule has 5 nitrogen and oxygen atoms in total. The standard InChI is InChI=1S/C19H20N2O3/c22-18(20-17-8-4-7-16(12-17)19(23)24)15-6-3-5-14(11-15)13-21-9-1-2-10-21/h3-8,11-12H,1-2,9-10,13H2,(H,20,22)(H,23,24). The van der Waals surface area contributed by atoms with E-state index in [2.05, 4.69) is 10.2 Å². The molecule has 0 bridgehead atoms. The van der Waals surface area contributed by atoms with E-state index in [1.165, 1.54) is 25.0 Å². The van der Waals surface area contributed by atoms with E-state index in [4.69, 9.17) is 5.11 Å². The van der Waals surface area contributed by atoms with Crippen LogP contribution >= 0.6 is 0 Å². The van der Waals surface area contributed by atoms with Gasteiger partial charge in [-0.05, 0) is 61.8 Å². The summed E-state index contributed by atoms with van der Waals surface area (Å²) in [6.07, 6.45) is 2.47. The maximum atomic E-state index is 12.4. The van der Waals surface area contributed by atoms with E-state index in [1.54, 1.807) is 18.2 Å². The largest absolute Gasteiger partial charge is 0.478 e. The maximum Gasteiger partial charge on any atom is 0.335 e. The van der Waals surface area contributed by atoms with Crippen molar-refractivity contribution in [3.05, 3.63) is 65.2 Å². The Bertz CT molecular complexity index is 752. The Balaban J connectivity index is 1.70. The summed E-state index contributed by atoms with van der Waals surface area (Å²) in [5.41, 5.74) is 2.32. The summed E-state index contributed by atoms with van der Waals surface area (Å²) in [4.78, 5) is 25.8. The van der Waals surface area contributed by atoms with E-state index in [0.29, 0.717) is 11.3 Å². The number of carbonyl (C=O) groups is 2. The molecule has 5 heteroatoms. The maximum absolute atomic E-state index is 12.4. The molecule has 1 heterocycles. The Morgan fingerprint density at radius 2 is 1.71 bits per heavy atom. The van der Waals surface area contributed by atoms with Crippen molar-refractivity contribution < 1.29 is 14.7 Å². The van der Waals surface area contributed by atoms with Crippen molar-refractivity contribution in [2.75, 3.05) is 18.4 Å². The molecule has 24 heavy (non-hydrogen) atoms. The Labute approximate surface area is 140 Å². The second-order valence-corrected chi connectivity index (χ2v) is 6.02. The number of amides is 1. The molecule has 0 spiro atoms. The molecular weight excluding hydrogens is 304 g/mol. The third-order valence-electron chi connectivity index (χ3n) is 4.16. The van der Waals surface area contributed by atoms with Gasteiger partial charge in [-0.1, -0.05) is 18.2 Å². The topological polar surface area (TPSA) is 69.6 Å². The molecule has 124 valence electrons. The van der Waals surface area contributed by atoms with Crippen LogP contribution in [0, 0.1) is 0 Å². The minimum Gasteiger partial charge on any atom is -0.478 e. The molecule has 0 saturated carbocycles. The highest BCUT2D eigenvalue weighted by Gasteiger charge is 2.13. The Morgan fingerprint density at radius 1 is 1.00 bits per heavy atom. The van der Waals surface area contributed by atoms with E-state index in [-0.39, 0.29) is 11.5 Å². The van der Waals surface area contributed by atoms with Crippen molar-refractivity contribution in [2.45, 2.75) is 19.4 Å². The van der Waals surface area contributed by atoms with Crippen LogP contribution in [0.4, 0.5) is 5.69 Å². The predicted molar refractivity (Wildman–Crippen MR) is 92.3 cm³/mol. The summed E-state index contributed by atoms with van der Waals surface area (Å²) in [5.74, 6) is -1.25. The molecule has 2 N–H and O–H groups in total. The molecule has 0 unspecified atom stereocenters. The lowest BCUT2D eigenvalue weighted by Crippen LogP contribution is -2.19. The van der Waals surface area contributed by atoms with Gasteiger partial charge < -0.3 is 10.4 Å². The molecule has 1 saturated heterocycles. The zero-order valence-corrected chi connectivity index (χ0v) is 13.4. The number of hydrogen-bond acceptors (Lipinski definition) is 3. The molecule has 0 aliphatic carbocycles. The van der Waals surface area contributed by atoms with Gasteiger partial charge in [0.1, 0.15) is 0 Å². The van der Waals surface area contributed by atoms with E-state index in [9.17, 15) is 9.59 Å². The van der Waals surface area contributed by atoms with Gasteiger partial charge in [0, 0.05) is 17.8 Å². The Kier molecular flexibility index (Phi) is 4.91. The van der Waals surface area contributed by atoms with E-state index < -0.39 is 5.97 Å². The van der Waals surface area contributed by atoms with Crippen LogP contribution in [0.1, 0.15) is 39.1 Å². The van der Waals surface area contributed by atoms with Gasteiger partial charge in [-0.2, -0.15) is 0 Å². The lowest BCUT2D eigenvalue weighted by atomic mass is 10.1. The smallest absolute Gasteiger partial charge is 0.335 e. The minimum absolute atomic E-state index is 0.149. The summed E-state index contributed by atoms with van der Waals surface area (Å²) in [5, 5.41) is 11.8. The molecular formula is C19H20N2O3. The number of aromatic carboxylic acids is 1.